The Balaban J connectivity index is 1.72. The molecule has 1 heterocycles. The van der Waals surface area contributed by atoms with Gasteiger partial charge < -0.3 is 5.32 Å². The van der Waals surface area contributed by atoms with E-state index in [-0.39, 0.29) is 0 Å². The molecule has 0 amide bonds. The topological polar surface area (TPSA) is 24.9 Å². The third-order valence-electron chi connectivity index (χ3n) is 3.78. The molecule has 0 bridgehead atoms. The molecule has 1 fully saturated rings. The van der Waals surface area contributed by atoms with Crippen molar-refractivity contribution in [1.29, 1.82) is 0 Å². The predicted molar refractivity (Wildman–Crippen MR) is 87.0 cm³/mol. The molecule has 0 saturated heterocycles. The van der Waals surface area contributed by atoms with Crippen LogP contribution in [-0.2, 0) is 0 Å². The van der Waals surface area contributed by atoms with Crippen molar-refractivity contribution in [3.05, 3.63) is 22.7 Å². The van der Waals surface area contributed by atoms with Gasteiger partial charge in [0.1, 0.15) is 0 Å². The zero-order chi connectivity index (χ0) is 13.1. The molecule has 3 rings (SSSR count). The van der Waals surface area contributed by atoms with Gasteiger partial charge in [-0.25, -0.2) is 4.98 Å². The van der Waals surface area contributed by atoms with Gasteiger partial charge in [-0.1, -0.05) is 59.4 Å². The summed E-state index contributed by atoms with van der Waals surface area (Å²) in [6.45, 7) is 0. The minimum Gasteiger partial charge on any atom is -0.359 e. The van der Waals surface area contributed by atoms with Gasteiger partial charge in [-0.3, -0.25) is 0 Å². The summed E-state index contributed by atoms with van der Waals surface area (Å²) in [4.78, 5) is 4.69. The number of halogens is 1. The first-order valence-corrected chi connectivity index (χ1v) is 8.75. The second kappa shape index (κ2) is 6.23. The summed E-state index contributed by atoms with van der Waals surface area (Å²) >= 11 is 5.28. The van der Waals surface area contributed by atoms with Crippen LogP contribution < -0.4 is 5.32 Å². The minimum absolute atomic E-state index is 0.615. The van der Waals surface area contributed by atoms with E-state index in [2.05, 4.69) is 44.4 Å². The molecule has 0 atom stereocenters. The fourth-order valence-electron chi connectivity index (χ4n) is 2.74. The highest BCUT2D eigenvalue weighted by atomic mass is 79.9. The van der Waals surface area contributed by atoms with Gasteiger partial charge in [0.2, 0.25) is 0 Å². The van der Waals surface area contributed by atoms with Crippen LogP contribution in [0.15, 0.2) is 22.7 Å². The van der Waals surface area contributed by atoms with Crippen molar-refractivity contribution in [1.82, 2.24) is 4.98 Å². The maximum atomic E-state index is 4.69. The van der Waals surface area contributed by atoms with Crippen LogP contribution in [0.1, 0.15) is 44.9 Å². The summed E-state index contributed by atoms with van der Waals surface area (Å²) in [5.41, 5.74) is 1.10. The Hall–Kier alpha value is -0.610. The van der Waals surface area contributed by atoms with Gasteiger partial charge in [0.05, 0.1) is 10.2 Å². The van der Waals surface area contributed by atoms with Crippen LogP contribution in [0.4, 0.5) is 5.13 Å². The Labute approximate surface area is 126 Å². The molecule has 0 radical (unpaired) electrons. The van der Waals surface area contributed by atoms with Crippen molar-refractivity contribution in [3.63, 3.8) is 0 Å². The summed E-state index contributed by atoms with van der Waals surface area (Å²) in [6.07, 6.45) is 9.50. The van der Waals surface area contributed by atoms with E-state index in [1.54, 1.807) is 11.3 Å². The van der Waals surface area contributed by atoms with Crippen molar-refractivity contribution >= 4 is 42.6 Å². The normalized spacial score (nSPS) is 18.2. The fourth-order valence-corrected chi connectivity index (χ4v) is 4.23. The van der Waals surface area contributed by atoms with Crippen LogP contribution in [0.3, 0.4) is 0 Å². The quantitative estimate of drug-likeness (QED) is 0.772. The van der Waals surface area contributed by atoms with E-state index in [4.69, 9.17) is 0 Å². The number of anilines is 1. The molecule has 4 heteroatoms. The Morgan fingerprint density at radius 3 is 2.63 bits per heavy atom. The average molecular weight is 339 g/mol. The molecule has 2 aromatic rings. The number of nitrogens with one attached hydrogen (secondary N) is 1. The lowest BCUT2D eigenvalue weighted by atomic mass is 9.97. The van der Waals surface area contributed by atoms with Crippen LogP contribution in [0.2, 0.25) is 0 Å². The average Bonchev–Trinajstić information content (AvgIpc) is 2.74. The smallest absolute Gasteiger partial charge is 0.184 e. The van der Waals surface area contributed by atoms with Crippen LogP contribution in [0, 0.1) is 0 Å². The van der Waals surface area contributed by atoms with Crippen molar-refractivity contribution < 1.29 is 0 Å². The van der Waals surface area contributed by atoms with E-state index >= 15 is 0 Å². The van der Waals surface area contributed by atoms with Gasteiger partial charge in [0, 0.05) is 10.5 Å². The van der Waals surface area contributed by atoms with Gasteiger partial charge in [-0.15, -0.1) is 0 Å². The van der Waals surface area contributed by atoms with Crippen LogP contribution in [-0.4, -0.2) is 11.0 Å². The third-order valence-corrected chi connectivity index (χ3v) is 5.23. The van der Waals surface area contributed by atoms with E-state index in [1.165, 1.54) is 49.6 Å². The monoisotopic (exact) mass is 338 g/mol. The Kier molecular flexibility index (Phi) is 4.38. The first-order chi connectivity index (χ1) is 9.31. The van der Waals surface area contributed by atoms with Crippen LogP contribution in [0.25, 0.3) is 10.2 Å². The van der Waals surface area contributed by atoms with E-state index in [0.29, 0.717) is 6.04 Å². The molecular weight excluding hydrogens is 320 g/mol. The van der Waals surface area contributed by atoms with Crippen LogP contribution >= 0.6 is 27.3 Å². The molecule has 0 aliphatic heterocycles. The van der Waals surface area contributed by atoms with Crippen molar-refractivity contribution in [2.24, 2.45) is 0 Å². The van der Waals surface area contributed by atoms with Gasteiger partial charge in [-0.05, 0) is 31.0 Å². The zero-order valence-corrected chi connectivity index (χ0v) is 13.4. The second-order valence-electron chi connectivity index (χ2n) is 5.32. The highest BCUT2D eigenvalue weighted by Crippen LogP contribution is 2.30. The number of hydrogen-bond acceptors (Lipinski definition) is 3. The van der Waals surface area contributed by atoms with Crippen molar-refractivity contribution in [3.8, 4) is 0 Å². The van der Waals surface area contributed by atoms with Crippen molar-refractivity contribution in [2.75, 3.05) is 5.32 Å². The SMILES string of the molecule is Brc1ccc2nc(NC3CCCCCCC3)sc2c1. The molecule has 102 valence electrons. The number of hydrogen-bond donors (Lipinski definition) is 1. The van der Waals surface area contributed by atoms with E-state index in [1.807, 2.05) is 0 Å². The molecule has 19 heavy (non-hydrogen) atoms. The fraction of sp³-hybridized carbons (Fsp3) is 0.533. The highest BCUT2D eigenvalue weighted by Gasteiger charge is 2.13. The highest BCUT2D eigenvalue weighted by molar-refractivity contribution is 9.10. The number of aromatic nitrogens is 1. The summed E-state index contributed by atoms with van der Waals surface area (Å²) in [5, 5.41) is 4.73. The number of fused-ring (bicyclic) bond motifs is 1. The molecule has 1 aliphatic rings. The van der Waals surface area contributed by atoms with Crippen LogP contribution in [0.5, 0.6) is 0 Å². The maximum Gasteiger partial charge on any atom is 0.184 e. The summed E-state index contributed by atoms with van der Waals surface area (Å²) in [6, 6.07) is 6.90. The molecule has 1 aromatic carbocycles. The molecule has 0 unspecified atom stereocenters. The van der Waals surface area contributed by atoms with Gasteiger partial charge in [0.15, 0.2) is 5.13 Å². The Bertz CT molecular complexity index is 544. The van der Waals surface area contributed by atoms with E-state index < -0.39 is 0 Å². The number of thiazole rings is 1. The van der Waals surface area contributed by atoms with Gasteiger partial charge in [0.25, 0.3) is 0 Å². The van der Waals surface area contributed by atoms with Crippen molar-refractivity contribution in [2.45, 2.75) is 51.0 Å². The summed E-state index contributed by atoms with van der Waals surface area (Å²) in [7, 11) is 0. The third kappa shape index (κ3) is 3.48. The predicted octanol–water partition coefficient (Wildman–Crippen LogP) is 5.58. The largest absolute Gasteiger partial charge is 0.359 e. The first-order valence-electron chi connectivity index (χ1n) is 7.14. The molecular formula is C15H19BrN2S. The number of benzene rings is 1. The lowest BCUT2D eigenvalue weighted by molar-refractivity contribution is 0.471. The molecule has 2 nitrogen and oxygen atoms in total. The molecule has 1 aromatic heterocycles. The molecule has 1 N–H and O–H groups in total. The van der Waals surface area contributed by atoms with Gasteiger partial charge in [-0.2, -0.15) is 0 Å². The summed E-state index contributed by atoms with van der Waals surface area (Å²) < 4.78 is 2.38. The van der Waals surface area contributed by atoms with E-state index in [0.717, 1.165) is 15.1 Å². The van der Waals surface area contributed by atoms with Gasteiger partial charge >= 0.3 is 0 Å². The zero-order valence-electron chi connectivity index (χ0n) is 11.0. The number of nitrogens with zero attached hydrogens (tertiary/aromatic N) is 1. The lowest BCUT2D eigenvalue weighted by Crippen LogP contribution is -2.20. The second-order valence-corrected chi connectivity index (χ2v) is 7.26. The van der Waals surface area contributed by atoms with E-state index in [9.17, 15) is 0 Å². The first kappa shape index (κ1) is 13.4. The Morgan fingerprint density at radius 2 is 1.84 bits per heavy atom. The molecule has 1 aliphatic carbocycles. The molecule has 0 spiro atoms. The number of rotatable bonds is 2. The standard InChI is InChI=1S/C15H19BrN2S/c16-11-8-9-13-14(10-11)19-15(18-13)17-12-6-4-2-1-3-5-7-12/h8-10,12H,1-7H2,(H,17,18). The minimum atomic E-state index is 0.615. The maximum absolute atomic E-state index is 4.69. The summed E-state index contributed by atoms with van der Waals surface area (Å²) in [5.74, 6) is 0. The lowest BCUT2D eigenvalue weighted by Gasteiger charge is -2.20. The molecule has 1 saturated carbocycles. The Morgan fingerprint density at radius 1 is 1.11 bits per heavy atom.